The lowest BCUT2D eigenvalue weighted by Gasteiger charge is -2.30. The zero-order chi connectivity index (χ0) is 18.9. The van der Waals surface area contributed by atoms with Crippen LogP contribution in [0.1, 0.15) is 45.1 Å². The van der Waals surface area contributed by atoms with Gasteiger partial charge in [0.1, 0.15) is 11.6 Å². The topological polar surface area (TPSA) is 53.5 Å². The summed E-state index contributed by atoms with van der Waals surface area (Å²) in [5, 5.41) is 6.90. The van der Waals surface area contributed by atoms with Crippen molar-refractivity contribution in [2.24, 2.45) is 4.99 Å². The molecule has 1 aliphatic rings. The van der Waals surface area contributed by atoms with Crippen molar-refractivity contribution in [1.82, 2.24) is 10.6 Å². The molecule has 1 fully saturated rings. The molecule has 2 rings (SSSR count). The van der Waals surface area contributed by atoms with E-state index in [9.17, 15) is 13.0 Å². The zero-order valence-electron chi connectivity index (χ0n) is 15.6. The van der Waals surface area contributed by atoms with Crippen molar-refractivity contribution < 1.29 is 13.0 Å². The van der Waals surface area contributed by atoms with Gasteiger partial charge in [-0.15, -0.1) is 0 Å². The lowest BCUT2D eigenvalue weighted by atomic mass is 9.95. The molecule has 1 aromatic rings. The predicted octanol–water partition coefficient (Wildman–Crippen LogP) is 3.14. The number of halogens is 2. The number of hydrogen-bond donors (Lipinski definition) is 2. The summed E-state index contributed by atoms with van der Waals surface area (Å²) < 4.78 is 38.6. The molecular formula is C19H29F2N3OS. The fourth-order valence-corrected chi connectivity index (χ4v) is 4.66. The molecule has 3 unspecified atom stereocenters. The van der Waals surface area contributed by atoms with Crippen molar-refractivity contribution in [2.75, 3.05) is 18.8 Å². The van der Waals surface area contributed by atoms with Crippen molar-refractivity contribution in [3.8, 4) is 0 Å². The molecule has 4 nitrogen and oxygen atoms in total. The van der Waals surface area contributed by atoms with Crippen LogP contribution < -0.4 is 10.6 Å². The van der Waals surface area contributed by atoms with E-state index in [2.05, 4.69) is 15.6 Å². The van der Waals surface area contributed by atoms with E-state index in [4.69, 9.17) is 0 Å². The van der Waals surface area contributed by atoms with Crippen LogP contribution in [0.5, 0.6) is 0 Å². The smallest absolute Gasteiger partial charge is 0.191 e. The molecule has 0 aliphatic heterocycles. The van der Waals surface area contributed by atoms with Gasteiger partial charge in [0, 0.05) is 47.0 Å². The molecule has 3 atom stereocenters. The molecule has 0 radical (unpaired) electrons. The molecule has 2 N–H and O–H groups in total. The average Bonchev–Trinajstić information content (AvgIpc) is 2.60. The molecular weight excluding hydrogens is 356 g/mol. The van der Waals surface area contributed by atoms with Gasteiger partial charge in [-0.1, -0.05) is 13.3 Å². The van der Waals surface area contributed by atoms with Crippen molar-refractivity contribution in [2.45, 2.75) is 57.2 Å². The highest BCUT2D eigenvalue weighted by Crippen LogP contribution is 2.23. The number of hydrogen-bond acceptors (Lipinski definition) is 2. The summed E-state index contributed by atoms with van der Waals surface area (Å²) in [6.45, 7) is 5.13. The van der Waals surface area contributed by atoms with Crippen LogP contribution in [0, 0.1) is 11.6 Å². The van der Waals surface area contributed by atoms with E-state index in [-0.39, 0.29) is 11.3 Å². The maximum Gasteiger partial charge on any atom is 0.191 e. The van der Waals surface area contributed by atoms with E-state index in [0.29, 0.717) is 30.2 Å². The van der Waals surface area contributed by atoms with Crippen LogP contribution in [-0.2, 0) is 17.2 Å². The molecule has 1 aromatic carbocycles. The summed E-state index contributed by atoms with van der Waals surface area (Å²) in [6.07, 6.45) is 4.49. The van der Waals surface area contributed by atoms with Crippen molar-refractivity contribution in [3.05, 3.63) is 35.4 Å². The summed E-state index contributed by atoms with van der Waals surface area (Å²) in [7, 11) is -0.759. The Bertz CT molecular complexity index is 619. The number of rotatable bonds is 7. The third-order valence-electron chi connectivity index (χ3n) is 4.56. The normalized spacial score (nSPS) is 22.1. The standard InChI is InChI=1S/C19H29F2N3OS/c1-3-22-19(23-9-8-14-10-15(20)12-16(21)11-14)24-17-6-5-7-18(13-17)26(25)4-2/h10-12,17-18H,3-9,13H2,1-2H3,(H2,22,23,24). The summed E-state index contributed by atoms with van der Waals surface area (Å²) in [4.78, 5) is 4.53. The first-order valence-electron chi connectivity index (χ1n) is 9.38. The largest absolute Gasteiger partial charge is 0.357 e. The minimum absolute atomic E-state index is 0.254. The quantitative estimate of drug-likeness (QED) is 0.560. The fraction of sp³-hybridized carbons (Fsp3) is 0.632. The van der Waals surface area contributed by atoms with Gasteiger partial charge in [0.25, 0.3) is 0 Å². The van der Waals surface area contributed by atoms with E-state index in [1.807, 2.05) is 13.8 Å². The minimum Gasteiger partial charge on any atom is -0.357 e. The maximum absolute atomic E-state index is 13.2. The molecule has 0 amide bonds. The van der Waals surface area contributed by atoms with Gasteiger partial charge in [0.15, 0.2) is 5.96 Å². The lowest BCUT2D eigenvalue weighted by molar-refractivity contribution is 0.413. The second kappa shape index (κ2) is 10.6. The van der Waals surface area contributed by atoms with Gasteiger partial charge in [0.05, 0.1) is 0 Å². The summed E-state index contributed by atoms with van der Waals surface area (Å²) in [5.41, 5.74) is 0.596. The molecule has 0 saturated heterocycles. The second-order valence-electron chi connectivity index (χ2n) is 6.59. The third kappa shape index (κ3) is 6.67. The van der Waals surface area contributed by atoms with E-state index >= 15 is 0 Å². The van der Waals surface area contributed by atoms with Crippen molar-refractivity contribution in [3.63, 3.8) is 0 Å². The maximum atomic E-state index is 13.2. The Labute approximate surface area is 157 Å². The van der Waals surface area contributed by atoms with Crippen LogP contribution >= 0.6 is 0 Å². The van der Waals surface area contributed by atoms with Gasteiger partial charge < -0.3 is 10.6 Å². The van der Waals surface area contributed by atoms with Crippen LogP contribution in [0.4, 0.5) is 8.78 Å². The van der Waals surface area contributed by atoms with Gasteiger partial charge in [0.2, 0.25) is 0 Å². The Morgan fingerprint density at radius 2 is 1.96 bits per heavy atom. The Morgan fingerprint density at radius 1 is 1.23 bits per heavy atom. The molecule has 0 aromatic heterocycles. The van der Waals surface area contributed by atoms with E-state index in [0.717, 1.165) is 38.3 Å². The highest BCUT2D eigenvalue weighted by Gasteiger charge is 2.25. The predicted molar refractivity (Wildman–Crippen MR) is 104 cm³/mol. The number of guanidine groups is 1. The highest BCUT2D eigenvalue weighted by molar-refractivity contribution is 7.85. The van der Waals surface area contributed by atoms with E-state index < -0.39 is 22.4 Å². The van der Waals surface area contributed by atoms with Crippen molar-refractivity contribution in [1.29, 1.82) is 0 Å². The zero-order valence-corrected chi connectivity index (χ0v) is 16.4. The lowest BCUT2D eigenvalue weighted by Crippen LogP contribution is -2.46. The molecule has 0 spiro atoms. The number of nitrogens with zero attached hydrogens (tertiary/aromatic N) is 1. The van der Waals surface area contributed by atoms with Gasteiger partial charge in [-0.05, 0) is 50.3 Å². The van der Waals surface area contributed by atoms with E-state index in [1.54, 1.807) is 0 Å². The molecule has 0 heterocycles. The van der Waals surface area contributed by atoms with Gasteiger partial charge >= 0.3 is 0 Å². The van der Waals surface area contributed by atoms with Gasteiger partial charge in [-0.25, -0.2) is 8.78 Å². The minimum atomic E-state index is -0.759. The molecule has 1 saturated carbocycles. The van der Waals surface area contributed by atoms with Gasteiger partial charge in [-0.3, -0.25) is 9.20 Å². The van der Waals surface area contributed by atoms with Crippen LogP contribution in [-0.4, -0.2) is 40.3 Å². The molecule has 26 heavy (non-hydrogen) atoms. The number of nitrogens with one attached hydrogen (secondary N) is 2. The SMILES string of the molecule is CCNC(=NCCc1cc(F)cc(F)c1)NC1CCCC(S(=O)CC)C1. The molecule has 0 bridgehead atoms. The fourth-order valence-electron chi connectivity index (χ4n) is 3.32. The number of benzene rings is 1. The summed E-state index contributed by atoms with van der Waals surface area (Å²) in [5.74, 6) is 0.283. The number of aliphatic imine (C=N–C) groups is 1. The second-order valence-corrected chi connectivity index (χ2v) is 8.59. The Balaban J connectivity index is 1.92. The van der Waals surface area contributed by atoms with Crippen LogP contribution in [0.3, 0.4) is 0 Å². The Hall–Kier alpha value is -1.50. The first kappa shape index (κ1) is 20.8. The highest BCUT2D eigenvalue weighted by atomic mass is 32.2. The Kier molecular flexibility index (Phi) is 8.48. The van der Waals surface area contributed by atoms with Gasteiger partial charge in [-0.2, -0.15) is 0 Å². The first-order chi connectivity index (χ1) is 12.5. The Morgan fingerprint density at radius 3 is 2.62 bits per heavy atom. The summed E-state index contributed by atoms with van der Waals surface area (Å²) >= 11 is 0. The average molecular weight is 386 g/mol. The monoisotopic (exact) mass is 385 g/mol. The van der Waals surface area contributed by atoms with Crippen LogP contribution in [0.15, 0.2) is 23.2 Å². The van der Waals surface area contributed by atoms with Crippen LogP contribution in [0.2, 0.25) is 0 Å². The van der Waals surface area contributed by atoms with Crippen molar-refractivity contribution >= 4 is 16.8 Å². The molecule has 7 heteroatoms. The molecule has 1 aliphatic carbocycles. The van der Waals surface area contributed by atoms with E-state index in [1.165, 1.54) is 12.1 Å². The summed E-state index contributed by atoms with van der Waals surface area (Å²) in [6, 6.07) is 3.81. The third-order valence-corrected chi connectivity index (χ3v) is 6.30. The molecule has 146 valence electrons. The first-order valence-corrected chi connectivity index (χ1v) is 10.8. The van der Waals surface area contributed by atoms with Crippen LogP contribution in [0.25, 0.3) is 0 Å².